The summed E-state index contributed by atoms with van der Waals surface area (Å²) in [4.78, 5) is 0. The fraction of sp³-hybridized carbons (Fsp3) is 0.214. The van der Waals surface area contributed by atoms with Gasteiger partial charge in [0, 0.05) is 35.3 Å². The summed E-state index contributed by atoms with van der Waals surface area (Å²) in [6.07, 6.45) is 0. The second-order valence-corrected chi connectivity index (χ2v) is 4.62. The van der Waals surface area contributed by atoms with E-state index in [4.69, 9.17) is 10.3 Å². The zero-order valence-electron chi connectivity index (χ0n) is 10.7. The average Bonchev–Trinajstić information content (AvgIpc) is 2.89. The van der Waals surface area contributed by atoms with Gasteiger partial charge in [-0.3, -0.25) is 0 Å². The minimum absolute atomic E-state index is 0.407. The van der Waals surface area contributed by atoms with E-state index in [9.17, 15) is 0 Å². The van der Waals surface area contributed by atoms with Crippen molar-refractivity contribution in [3.63, 3.8) is 0 Å². The number of anilines is 1. The van der Waals surface area contributed by atoms with Crippen LogP contribution >= 0.6 is 0 Å². The Morgan fingerprint density at radius 3 is 2.67 bits per heavy atom. The molecule has 0 spiro atoms. The van der Waals surface area contributed by atoms with Crippen LogP contribution in [0.2, 0.25) is 0 Å². The van der Waals surface area contributed by atoms with E-state index in [2.05, 4.69) is 42.8 Å². The van der Waals surface area contributed by atoms with E-state index in [0.717, 1.165) is 5.56 Å². The Hall–Kier alpha value is -2.23. The van der Waals surface area contributed by atoms with Gasteiger partial charge in [-0.15, -0.1) is 0 Å². The van der Waals surface area contributed by atoms with Gasteiger partial charge in [-0.1, -0.05) is 17.3 Å². The predicted molar refractivity (Wildman–Crippen MR) is 72.3 cm³/mol. The minimum atomic E-state index is 0.407. The Labute approximate surface area is 105 Å². The molecule has 0 aliphatic heterocycles. The van der Waals surface area contributed by atoms with Crippen LogP contribution in [0.1, 0.15) is 11.3 Å². The van der Waals surface area contributed by atoms with Crippen molar-refractivity contribution in [3.8, 4) is 11.3 Å². The summed E-state index contributed by atoms with van der Waals surface area (Å²) in [6, 6.07) is 8.00. The van der Waals surface area contributed by atoms with Gasteiger partial charge in [-0.2, -0.15) is 0 Å². The molecule has 0 atom stereocenters. The van der Waals surface area contributed by atoms with Gasteiger partial charge in [-0.05, 0) is 25.5 Å². The molecule has 0 unspecified atom stereocenters. The van der Waals surface area contributed by atoms with Crippen LogP contribution < -0.4 is 5.73 Å². The highest BCUT2D eigenvalue weighted by Gasteiger charge is 2.11. The third kappa shape index (κ3) is 1.42. The van der Waals surface area contributed by atoms with Gasteiger partial charge in [0.15, 0.2) is 11.6 Å². The number of nitrogens with zero attached hydrogens (tertiary/aromatic N) is 2. The zero-order chi connectivity index (χ0) is 12.9. The van der Waals surface area contributed by atoms with E-state index < -0.39 is 0 Å². The Morgan fingerprint density at radius 1 is 1.22 bits per heavy atom. The molecule has 0 fully saturated rings. The Morgan fingerprint density at radius 2 is 2.00 bits per heavy atom. The Balaban J connectivity index is 2.25. The lowest BCUT2D eigenvalue weighted by molar-refractivity contribution is 0.436. The standard InChI is InChI=1S/C14H15N3O/c1-8-9(2)17(3)12-6-10(4-5-11(8)12)13-7-14(15)16-18-13/h4-7H,1-3H3,(H2,15,16). The largest absolute Gasteiger partial charge is 0.381 e. The van der Waals surface area contributed by atoms with E-state index >= 15 is 0 Å². The summed E-state index contributed by atoms with van der Waals surface area (Å²) in [7, 11) is 2.07. The molecule has 0 saturated carbocycles. The number of hydrogen-bond donors (Lipinski definition) is 1. The smallest absolute Gasteiger partial charge is 0.169 e. The number of nitrogen functional groups attached to an aromatic ring is 1. The van der Waals surface area contributed by atoms with Gasteiger partial charge >= 0.3 is 0 Å². The number of rotatable bonds is 1. The Bertz CT molecular complexity index is 737. The van der Waals surface area contributed by atoms with Crippen LogP contribution in [0.25, 0.3) is 22.2 Å². The molecule has 0 saturated heterocycles. The molecule has 2 N–H and O–H groups in total. The quantitative estimate of drug-likeness (QED) is 0.712. The molecule has 0 aliphatic rings. The fourth-order valence-electron chi connectivity index (χ4n) is 2.33. The first-order valence-electron chi connectivity index (χ1n) is 5.86. The first-order chi connectivity index (χ1) is 8.58. The van der Waals surface area contributed by atoms with Crippen molar-refractivity contribution in [2.45, 2.75) is 13.8 Å². The Kier molecular flexibility index (Phi) is 2.20. The lowest BCUT2D eigenvalue weighted by atomic mass is 10.1. The molecule has 3 aromatic rings. The van der Waals surface area contributed by atoms with Crippen LogP contribution in [-0.4, -0.2) is 9.72 Å². The average molecular weight is 241 g/mol. The second kappa shape index (κ2) is 3.63. The monoisotopic (exact) mass is 241 g/mol. The van der Waals surface area contributed by atoms with Crippen molar-refractivity contribution in [2.24, 2.45) is 7.05 Å². The molecular formula is C14H15N3O. The topological polar surface area (TPSA) is 57.0 Å². The van der Waals surface area contributed by atoms with Crippen LogP contribution in [0.15, 0.2) is 28.8 Å². The van der Waals surface area contributed by atoms with Crippen molar-refractivity contribution in [2.75, 3.05) is 5.73 Å². The van der Waals surface area contributed by atoms with Crippen molar-refractivity contribution < 1.29 is 4.52 Å². The summed E-state index contributed by atoms with van der Waals surface area (Å²) in [5, 5.41) is 4.98. The van der Waals surface area contributed by atoms with Crippen LogP contribution in [0.3, 0.4) is 0 Å². The van der Waals surface area contributed by atoms with Crippen LogP contribution in [0.4, 0.5) is 5.82 Å². The van der Waals surface area contributed by atoms with Gasteiger partial charge in [0.05, 0.1) is 0 Å². The highest BCUT2D eigenvalue weighted by atomic mass is 16.5. The molecule has 0 aliphatic carbocycles. The molecule has 0 amide bonds. The van der Waals surface area contributed by atoms with Gasteiger partial charge in [0.1, 0.15) is 0 Å². The predicted octanol–water partition coefficient (Wildman–Crippen LogP) is 3.03. The van der Waals surface area contributed by atoms with Crippen LogP contribution in [0, 0.1) is 13.8 Å². The number of fused-ring (bicyclic) bond motifs is 1. The summed E-state index contributed by atoms with van der Waals surface area (Å²) in [5.41, 5.74) is 10.4. The maximum Gasteiger partial charge on any atom is 0.169 e. The molecule has 0 radical (unpaired) electrons. The molecule has 0 bridgehead atoms. The van der Waals surface area contributed by atoms with Gasteiger partial charge < -0.3 is 14.8 Å². The van der Waals surface area contributed by atoms with Crippen molar-refractivity contribution in [1.82, 2.24) is 9.72 Å². The number of hydrogen-bond acceptors (Lipinski definition) is 3. The second-order valence-electron chi connectivity index (χ2n) is 4.62. The molecule has 2 aromatic heterocycles. The maximum atomic E-state index is 5.58. The van der Waals surface area contributed by atoms with Crippen LogP contribution in [0.5, 0.6) is 0 Å². The molecule has 4 heteroatoms. The molecular weight excluding hydrogens is 226 g/mol. The van der Waals surface area contributed by atoms with E-state index in [-0.39, 0.29) is 0 Å². The van der Waals surface area contributed by atoms with Crippen LogP contribution in [-0.2, 0) is 7.05 Å². The van der Waals surface area contributed by atoms with E-state index in [1.54, 1.807) is 6.07 Å². The number of benzene rings is 1. The zero-order valence-corrected chi connectivity index (χ0v) is 10.7. The van der Waals surface area contributed by atoms with Crippen molar-refractivity contribution in [1.29, 1.82) is 0 Å². The number of aromatic nitrogens is 2. The fourth-order valence-corrected chi connectivity index (χ4v) is 2.33. The van der Waals surface area contributed by atoms with Crippen molar-refractivity contribution >= 4 is 16.7 Å². The van der Waals surface area contributed by atoms with E-state index in [1.807, 2.05) is 6.07 Å². The third-order valence-corrected chi connectivity index (χ3v) is 3.62. The lowest BCUT2D eigenvalue weighted by Crippen LogP contribution is -1.90. The normalized spacial score (nSPS) is 11.3. The van der Waals surface area contributed by atoms with Crippen molar-refractivity contribution in [3.05, 3.63) is 35.5 Å². The number of nitrogens with two attached hydrogens (primary N) is 1. The van der Waals surface area contributed by atoms with Gasteiger partial charge in [0.25, 0.3) is 0 Å². The SMILES string of the molecule is Cc1c(C)n(C)c2cc(-c3cc(N)no3)ccc12. The molecule has 1 aromatic carbocycles. The summed E-state index contributed by atoms with van der Waals surface area (Å²) in [6.45, 7) is 4.27. The third-order valence-electron chi connectivity index (χ3n) is 3.62. The molecule has 92 valence electrons. The van der Waals surface area contributed by atoms with E-state index in [0.29, 0.717) is 11.6 Å². The molecule has 18 heavy (non-hydrogen) atoms. The minimum Gasteiger partial charge on any atom is -0.381 e. The summed E-state index contributed by atoms with van der Waals surface area (Å²) >= 11 is 0. The summed E-state index contributed by atoms with van der Waals surface area (Å²) < 4.78 is 7.38. The first kappa shape index (κ1) is 10.9. The lowest BCUT2D eigenvalue weighted by Gasteiger charge is -2.00. The van der Waals surface area contributed by atoms with Gasteiger partial charge in [0.2, 0.25) is 0 Å². The molecule has 4 nitrogen and oxygen atoms in total. The molecule has 2 heterocycles. The molecule has 3 rings (SSSR count). The highest BCUT2D eigenvalue weighted by molar-refractivity contribution is 5.88. The number of aryl methyl sites for hydroxylation is 2. The first-order valence-corrected chi connectivity index (χ1v) is 5.86. The van der Waals surface area contributed by atoms with E-state index in [1.165, 1.54) is 22.2 Å². The highest BCUT2D eigenvalue weighted by Crippen LogP contribution is 2.29. The van der Waals surface area contributed by atoms with Gasteiger partial charge in [-0.25, -0.2) is 0 Å². The summed E-state index contributed by atoms with van der Waals surface area (Å²) in [5.74, 6) is 1.11. The maximum absolute atomic E-state index is 5.58.